The smallest absolute Gasteiger partial charge is 0.322 e. The molecule has 8 nitrogen and oxygen atoms in total. The van der Waals surface area contributed by atoms with E-state index >= 15 is 0 Å². The number of hydrogen-bond donors (Lipinski definition) is 1. The number of carboxylic acids is 1. The number of fused-ring (bicyclic) bond motifs is 1. The second kappa shape index (κ2) is 9.15. The number of aryl methyl sites for hydroxylation is 1. The minimum Gasteiger partial charge on any atom is -0.480 e. The average Bonchev–Trinajstić information content (AvgIpc) is 3.03. The number of likely N-dealkylation sites (N-methyl/N-ethyl adjacent to an activating group) is 1. The largest absolute Gasteiger partial charge is 0.480 e. The highest BCUT2D eigenvalue weighted by Crippen LogP contribution is 2.21. The molecular weight excluding hydrogens is 424 g/mol. The molecule has 3 aromatic rings. The molecule has 2 heterocycles. The number of imidazole rings is 1. The molecule has 0 bridgehead atoms. The maximum Gasteiger partial charge on any atom is 0.322 e. The van der Waals surface area contributed by atoms with Crippen molar-refractivity contribution in [1.29, 1.82) is 0 Å². The second-order valence-electron chi connectivity index (χ2n) is 6.91. The molecule has 0 amide bonds. The van der Waals surface area contributed by atoms with E-state index in [1.54, 1.807) is 24.5 Å². The van der Waals surface area contributed by atoms with Gasteiger partial charge in [-0.1, -0.05) is 12.1 Å². The SMILES string of the molecule is CSCC[C@@H](C(=O)O)N(C)S(=O)(=O)c1ccc(Cn2c(C)nc3cnccc32)cc1. The van der Waals surface area contributed by atoms with Gasteiger partial charge >= 0.3 is 5.97 Å². The lowest BCUT2D eigenvalue weighted by Crippen LogP contribution is -2.42. The summed E-state index contributed by atoms with van der Waals surface area (Å²) < 4.78 is 28.8. The zero-order valence-corrected chi connectivity index (χ0v) is 18.7. The lowest BCUT2D eigenvalue weighted by atomic mass is 10.2. The van der Waals surface area contributed by atoms with Crippen LogP contribution in [0.3, 0.4) is 0 Å². The van der Waals surface area contributed by atoms with Gasteiger partial charge in [-0.25, -0.2) is 13.4 Å². The van der Waals surface area contributed by atoms with Crippen LogP contribution in [0.4, 0.5) is 0 Å². The van der Waals surface area contributed by atoms with Gasteiger partial charge in [-0.05, 0) is 49.1 Å². The number of sulfonamides is 1. The number of hydrogen-bond acceptors (Lipinski definition) is 6. The Labute approximate surface area is 180 Å². The van der Waals surface area contributed by atoms with E-state index in [1.807, 2.05) is 23.8 Å². The third-order valence-corrected chi connectivity index (χ3v) is 7.53. The Morgan fingerprint density at radius 1 is 1.27 bits per heavy atom. The van der Waals surface area contributed by atoms with E-state index in [2.05, 4.69) is 9.97 Å². The van der Waals surface area contributed by atoms with Crippen LogP contribution in [0.5, 0.6) is 0 Å². The van der Waals surface area contributed by atoms with Crippen molar-refractivity contribution >= 4 is 38.8 Å². The first kappa shape index (κ1) is 22.3. The Kier molecular flexibility index (Phi) is 6.79. The molecule has 0 aliphatic rings. The number of pyridine rings is 1. The topological polar surface area (TPSA) is 105 Å². The van der Waals surface area contributed by atoms with Gasteiger partial charge in [0.05, 0.1) is 16.6 Å². The lowest BCUT2D eigenvalue weighted by molar-refractivity contribution is -0.141. The van der Waals surface area contributed by atoms with Crippen molar-refractivity contribution in [1.82, 2.24) is 18.8 Å². The Bertz CT molecular complexity index is 1140. The van der Waals surface area contributed by atoms with Crippen LogP contribution in [0, 0.1) is 6.92 Å². The molecule has 1 N–H and O–H groups in total. The van der Waals surface area contributed by atoms with Crippen molar-refractivity contribution in [3.63, 3.8) is 0 Å². The lowest BCUT2D eigenvalue weighted by Gasteiger charge is -2.24. The van der Waals surface area contributed by atoms with Gasteiger partial charge in [0.2, 0.25) is 10.0 Å². The molecule has 0 spiro atoms. The molecule has 1 aromatic carbocycles. The van der Waals surface area contributed by atoms with Crippen molar-refractivity contribution in [3.05, 3.63) is 54.1 Å². The van der Waals surface area contributed by atoms with Gasteiger partial charge in [-0.2, -0.15) is 16.1 Å². The predicted molar refractivity (Wildman–Crippen MR) is 117 cm³/mol. The molecular formula is C20H24N4O4S2. The normalized spacial score (nSPS) is 13.1. The van der Waals surface area contributed by atoms with Crippen LogP contribution in [0.2, 0.25) is 0 Å². The van der Waals surface area contributed by atoms with Gasteiger partial charge in [-0.3, -0.25) is 9.78 Å². The van der Waals surface area contributed by atoms with Gasteiger partial charge in [-0.15, -0.1) is 0 Å². The number of aromatic nitrogens is 3. The standard InChI is InChI=1S/C20H24N4O4S2/c1-14-22-17-12-21-10-8-18(17)24(14)13-15-4-6-16(7-5-15)30(27,28)23(2)19(20(25)26)9-11-29-3/h4-8,10,12,19H,9,11,13H2,1-3H3,(H,25,26)/t19-/m0/s1. The summed E-state index contributed by atoms with van der Waals surface area (Å²) in [4.78, 5) is 20.2. The minimum absolute atomic E-state index is 0.0700. The fourth-order valence-electron chi connectivity index (χ4n) is 3.28. The Hall–Kier alpha value is -2.43. The fourth-order valence-corrected chi connectivity index (χ4v) is 5.08. The summed E-state index contributed by atoms with van der Waals surface area (Å²) in [5, 5.41) is 9.45. The van der Waals surface area contributed by atoms with Crippen molar-refractivity contribution in [3.8, 4) is 0 Å². The number of aliphatic carboxylic acids is 1. The van der Waals surface area contributed by atoms with Crippen LogP contribution >= 0.6 is 11.8 Å². The molecule has 0 radical (unpaired) electrons. The number of carboxylic acid groups (broad SMARTS) is 1. The molecule has 0 fully saturated rings. The van der Waals surface area contributed by atoms with E-state index in [0.717, 1.165) is 26.7 Å². The quantitative estimate of drug-likeness (QED) is 0.536. The summed E-state index contributed by atoms with van der Waals surface area (Å²) in [5.41, 5.74) is 2.67. The van der Waals surface area contributed by atoms with Crippen molar-refractivity contribution < 1.29 is 18.3 Å². The van der Waals surface area contributed by atoms with E-state index in [1.165, 1.54) is 30.9 Å². The molecule has 0 aliphatic heterocycles. The zero-order valence-electron chi connectivity index (χ0n) is 17.0. The summed E-state index contributed by atoms with van der Waals surface area (Å²) in [6, 6.07) is 7.31. The molecule has 3 rings (SSSR count). The maximum atomic E-state index is 12.9. The van der Waals surface area contributed by atoms with E-state index in [4.69, 9.17) is 0 Å². The summed E-state index contributed by atoms with van der Waals surface area (Å²) >= 11 is 1.48. The first-order valence-corrected chi connectivity index (χ1v) is 12.1. The molecule has 0 saturated heterocycles. The first-order valence-electron chi connectivity index (χ1n) is 9.31. The van der Waals surface area contributed by atoms with Gasteiger partial charge < -0.3 is 9.67 Å². The Morgan fingerprint density at radius 3 is 2.60 bits per heavy atom. The Balaban J connectivity index is 1.83. The molecule has 0 unspecified atom stereocenters. The van der Waals surface area contributed by atoms with Crippen LogP contribution in [0.25, 0.3) is 11.0 Å². The molecule has 10 heteroatoms. The highest BCUT2D eigenvalue weighted by atomic mass is 32.2. The highest BCUT2D eigenvalue weighted by molar-refractivity contribution is 7.98. The predicted octanol–water partition coefficient (Wildman–Crippen LogP) is 2.61. The number of thioether (sulfide) groups is 1. The van der Waals surface area contributed by atoms with Gasteiger partial charge in [0.15, 0.2) is 0 Å². The van der Waals surface area contributed by atoms with E-state index in [9.17, 15) is 18.3 Å². The van der Waals surface area contributed by atoms with Crippen LogP contribution in [0.15, 0.2) is 47.6 Å². The number of nitrogens with zero attached hydrogens (tertiary/aromatic N) is 4. The van der Waals surface area contributed by atoms with Crippen LogP contribution in [-0.2, 0) is 21.4 Å². The molecule has 30 heavy (non-hydrogen) atoms. The van der Waals surface area contributed by atoms with Gasteiger partial charge in [0.25, 0.3) is 0 Å². The summed E-state index contributed by atoms with van der Waals surface area (Å²) in [5.74, 6) is 0.250. The summed E-state index contributed by atoms with van der Waals surface area (Å²) in [6.07, 6.45) is 5.52. The Morgan fingerprint density at radius 2 is 1.97 bits per heavy atom. The number of rotatable bonds is 9. The second-order valence-corrected chi connectivity index (χ2v) is 9.89. The van der Waals surface area contributed by atoms with Crippen LogP contribution < -0.4 is 0 Å². The maximum absolute atomic E-state index is 12.9. The molecule has 160 valence electrons. The van der Waals surface area contributed by atoms with E-state index in [-0.39, 0.29) is 11.3 Å². The highest BCUT2D eigenvalue weighted by Gasteiger charge is 2.32. The number of carbonyl (C=O) groups is 1. The molecule has 1 atom stereocenters. The minimum atomic E-state index is -3.92. The van der Waals surface area contributed by atoms with Crippen molar-refractivity contribution in [2.45, 2.75) is 30.8 Å². The third kappa shape index (κ3) is 4.50. The van der Waals surface area contributed by atoms with Crippen LogP contribution in [0.1, 0.15) is 17.8 Å². The van der Waals surface area contributed by atoms with E-state index < -0.39 is 22.0 Å². The zero-order chi connectivity index (χ0) is 21.9. The fraction of sp³-hybridized carbons (Fsp3) is 0.350. The first-order chi connectivity index (χ1) is 14.3. The third-order valence-electron chi connectivity index (χ3n) is 5.00. The molecule has 2 aromatic heterocycles. The van der Waals surface area contributed by atoms with Crippen molar-refractivity contribution in [2.24, 2.45) is 0 Å². The number of benzene rings is 1. The van der Waals surface area contributed by atoms with Crippen molar-refractivity contribution in [2.75, 3.05) is 19.1 Å². The monoisotopic (exact) mass is 448 g/mol. The average molecular weight is 449 g/mol. The molecule has 0 aliphatic carbocycles. The van der Waals surface area contributed by atoms with Gasteiger partial charge in [0.1, 0.15) is 17.4 Å². The summed E-state index contributed by atoms with van der Waals surface area (Å²) in [7, 11) is -2.60. The van der Waals surface area contributed by atoms with Gasteiger partial charge in [0, 0.05) is 19.8 Å². The van der Waals surface area contributed by atoms with E-state index in [0.29, 0.717) is 12.3 Å². The summed E-state index contributed by atoms with van der Waals surface area (Å²) in [6.45, 7) is 2.45. The van der Waals surface area contributed by atoms with Crippen LogP contribution in [-0.4, -0.2) is 63.4 Å². The molecule has 0 saturated carbocycles.